The Morgan fingerprint density at radius 2 is 2.10 bits per heavy atom. The van der Waals surface area contributed by atoms with Gasteiger partial charge in [-0.15, -0.1) is 0 Å². The van der Waals surface area contributed by atoms with Crippen molar-refractivity contribution in [3.63, 3.8) is 0 Å². The topological polar surface area (TPSA) is 116 Å². The maximum Gasteiger partial charge on any atom is 0.327 e. The molecule has 2 rings (SSSR count). The van der Waals surface area contributed by atoms with E-state index < -0.39 is 46.1 Å². The second-order valence-electron chi connectivity index (χ2n) is 4.90. The van der Waals surface area contributed by atoms with Gasteiger partial charge in [0, 0.05) is 6.07 Å². The fraction of sp³-hybridized carbons (Fsp3) is 0.417. The van der Waals surface area contributed by atoms with Crippen molar-refractivity contribution in [2.75, 3.05) is 6.61 Å². The predicted molar refractivity (Wildman–Crippen MR) is 65.8 cm³/mol. The number of nitro benzene ring substituents is 1. The van der Waals surface area contributed by atoms with Crippen LogP contribution in [0.4, 0.5) is 14.5 Å². The molecule has 1 atom stereocenters. The van der Waals surface area contributed by atoms with E-state index in [0.717, 1.165) is 0 Å². The van der Waals surface area contributed by atoms with Crippen LogP contribution in [-0.4, -0.2) is 28.1 Å². The lowest BCUT2D eigenvalue weighted by Crippen LogP contribution is -2.54. The van der Waals surface area contributed by atoms with Gasteiger partial charge in [0.1, 0.15) is 6.61 Å². The molecule has 1 aliphatic rings. The molecule has 114 valence electrons. The van der Waals surface area contributed by atoms with Crippen molar-refractivity contribution < 1.29 is 28.3 Å². The van der Waals surface area contributed by atoms with Crippen molar-refractivity contribution in [1.82, 2.24) is 0 Å². The van der Waals surface area contributed by atoms with Gasteiger partial charge in [-0.2, -0.15) is 4.39 Å². The lowest BCUT2D eigenvalue weighted by atomic mass is 9.96. The third-order valence-corrected chi connectivity index (χ3v) is 3.37. The van der Waals surface area contributed by atoms with Gasteiger partial charge in [-0.3, -0.25) is 14.9 Å². The second kappa shape index (κ2) is 5.24. The third kappa shape index (κ3) is 2.92. The van der Waals surface area contributed by atoms with Crippen LogP contribution in [0.2, 0.25) is 0 Å². The first-order valence-corrected chi connectivity index (χ1v) is 6.04. The molecule has 0 bridgehead atoms. The van der Waals surface area contributed by atoms with Crippen LogP contribution in [0.5, 0.6) is 5.75 Å². The van der Waals surface area contributed by atoms with Crippen LogP contribution in [0.3, 0.4) is 0 Å². The molecule has 1 saturated carbocycles. The fourth-order valence-corrected chi connectivity index (χ4v) is 1.92. The predicted octanol–water partition coefficient (Wildman–Crippen LogP) is 1.44. The minimum atomic E-state index is -1.69. The maximum absolute atomic E-state index is 13.6. The number of halogens is 2. The van der Waals surface area contributed by atoms with Crippen molar-refractivity contribution in [2.24, 2.45) is 11.7 Å². The minimum Gasteiger partial charge on any atom is -0.488 e. The molecule has 0 radical (unpaired) electrons. The molecule has 21 heavy (non-hydrogen) atoms. The molecular formula is C12H12F2N2O5. The summed E-state index contributed by atoms with van der Waals surface area (Å²) >= 11 is 0. The number of nitrogens with two attached hydrogens (primary N) is 1. The quantitative estimate of drug-likeness (QED) is 0.607. The van der Waals surface area contributed by atoms with Gasteiger partial charge in [-0.25, -0.2) is 4.39 Å². The Balaban J connectivity index is 2.18. The van der Waals surface area contributed by atoms with Gasteiger partial charge in [-0.1, -0.05) is 0 Å². The van der Waals surface area contributed by atoms with Crippen LogP contribution >= 0.6 is 0 Å². The van der Waals surface area contributed by atoms with Crippen LogP contribution in [0, 0.1) is 27.7 Å². The van der Waals surface area contributed by atoms with Crippen molar-refractivity contribution >= 4 is 11.7 Å². The zero-order valence-corrected chi connectivity index (χ0v) is 10.7. The van der Waals surface area contributed by atoms with Crippen LogP contribution in [0.25, 0.3) is 0 Å². The highest BCUT2D eigenvalue weighted by Crippen LogP contribution is 2.39. The highest BCUT2D eigenvalue weighted by molar-refractivity contribution is 5.79. The number of carboxylic acid groups (broad SMARTS) is 1. The molecule has 1 aromatic rings. The second-order valence-corrected chi connectivity index (χ2v) is 4.90. The van der Waals surface area contributed by atoms with Crippen molar-refractivity contribution in [3.8, 4) is 5.75 Å². The number of nitrogens with zero attached hydrogens (tertiary/aromatic N) is 1. The average molecular weight is 302 g/mol. The molecule has 1 aromatic carbocycles. The lowest BCUT2D eigenvalue weighted by Gasteiger charge is -2.24. The van der Waals surface area contributed by atoms with Gasteiger partial charge in [-0.05, 0) is 18.8 Å². The van der Waals surface area contributed by atoms with Gasteiger partial charge >= 0.3 is 11.7 Å². The molecule has 0 amide bonds. The number of nitro groups is 1. The number of rotatable bonds is 6. The first kappa shape index (κ1) is 15.1. The molecule has 0 heterocycles. The van der Waals surface area contributed by atoms with E-state index in [4.69, 9.17) is 15.6 Å². The summed E-state index contributed by atoms with van der Waals surface area (Å²) in [6.45, 7) is -0.554. The Hall–Kier alpha value is -2.29. The Kier molecular flexibility index (Phi) is 3.77. The Morgan fingerprint density at radius 1 is 1.48 bits per heavy atom. The Bertz CT molecular complexity index is 606. The Labute approximate surface area is 117 Å². The summed E-state index contributed by atoms with van der Waals surface area (Å²) in [5.41, 5.74) is 2.99. The molecule has 0 spiro atoms. The number of ether oxygens (including phenoxy) is 1. The fourth-order valence-electron chi connectivity index (χ4n) is 1.92. The molecule has 0 saturated heterocycles. The summed E-state index contributed by atoms with van der Waals surface area (Å²) in [5, 5.41) is 19.5. The lowest BCUT2D eigenvalue weighted by molar-refractivity contribution is -0.387. The van der Waals surface area contributed by atoms with E-state index in [1.54, 1.807) is 0 Å². The van der Waals surface area contributed by atoms with Crippen LogP contribution in [0.15, 0.2) is 12.1 Å². The Morgan fingerprint density at radius 3 is 2.57 bits per heavy atom. The van der Waals surface area contributed by atoms with Crippen molar-refractivity contribution in [3.05, 3.63) is 33.9 Å². The smallest absolute Gasteiger partial charge is 0.327 e. The summed E-state index contributed by atoms with van der Waals surface area (Å²) in [6.07, 6.45) is 1.23. The number of hydrogen-bond acceptors (Lipinski definition) is 5. The molecule has 0 aromatic heterocycles. The highest BCUT2D eigenvalue weighted by atomic mass is 19.1. The van der Waals surface area contributed by atoms with Crippen molar-refractivity contribution in [1.29, 1.82) is 0 Å². The van der Waals surface area contributed by atoms with Crippen LogP contribution < -0.4 is 10.5 Å². The molecule has 3 N–H and O–H groups in total. The van der Waals surface area contributed by atoms with Crippen LogP contribution in [0.1, 0.15) is 12.8 Å². The SMILES string of the molecule is NC(COc1cc(F)c([N+](=O)[O-])cc1F)(C(=O)O)C1CC1. The highest BCUT2D eigenvalue weighted by Gasteiger charge is 2.49. The van der Waals surface area contributed by atoms with E-state index in [1.807, 2.05) is 0 Å². The number of hydrogen-bond donors (Lipinski definition) is 2. The molecular weight excluding hydrogens is 290 g/mol. The van der Waals surface area contributed by atoms with Gasteiger partial charge < -0.3 is 15.6 Å². The van der Waals surface area contributed by atoms with Crippen molar-refractivity contribution in [2.45, 2.75) is 18.4 Å². The molecule has 1 unspecified atom stereocenters. The van der Waals surface area contributed by atoms with Gasteiger partial charge in [0.25, 0.3) is 0 Å². The minimum absolute atomic E-state index is 0.291. The summed E-state index contributed by atoms with van der Waals surface area (Å²) in [5.74, 6) is -4.64. The van der Waals surface area contributed by atoms with E-state index >= 15 is 0 Å². The summed E-state index contributed by atoms with van der Waals surface area (Å²) < 4.78 is 31.9. The van der Waals surface area contributed by atoms with E-state index in [-0.39, 0.29) is 5.92 Å². The number of benzene rings is 1. The summed E-state index contributed by atoms with van der Waals surface area (Å²) in [7, 11) is 0. The zero-order valence-electron chi connectivity index (χ0n) is 10.7. The van der Waals surface area contributed by atoms with E-state index in [9.17, 15) is 23.7 Å². The summed E-state index contributed by atoms with van der Waals surface area (Å²) in [4.78, 5) is 20.5. The first-order chi connectivity index (χ1) is 9.75. The molecule has 7 nitrogen and oxygen atoms in total. The maximum atomic E-state index is 13.6. The normalized spacial score (nSPS) is 17.1. The van der Waals surface area contributed by atoms with E-state index in [1.165, 1.54) is 0 Å². The standard InChI is InChI=1S/C12H12F2N2O5/c13-7-4-10(8(14)3-9(7)16(19)20)21-5-12(15,11(17)18)6-1-2-6/h3-4,6H,1-2,5,15H2,(H,17,18). The summed E-state index contributed by atoms with van der Waals surface area (Å²) in [6, 6.07) is 0.878. The van der Waals surface area contributed by atoms with E-state index in [2.05, 4.69) is 0 Å². The zero-order chi connectivity index (χ0) is 15.8. The largest absolute Gasteiger partial charge is 0.488 e. The molecule has 9 heteroatoms. The van der Waals surface area contributed by atoms with Gasteiger partial charge in [0.05, 0.1) is 11.0 Å². The number of carbonyl (C=O) groups is 1. The average Bonchev–Trinajstić information content (AvgIpc) is 3.23. The first-order valence-electron chi connectivity index (χ1n) is 6.04. The molecule has 0 aliphatic heterocycles. The monoisotopic (exact) mass is 302 g/mol. The van der Waals surface area contributed by atoms with Crippen LogP contribution in [-0.2, 0) is 4.79 Å². The number of carboxylic acids is 1. The van der Waals surface area contributed by atoms with E-state index in [0.29, 0.717) is 25.0 Å². The number of aliphatic carboxylic acids is 1. The molecule has 1 aliphatic carbocycles. The van der Waals surface area contributed by atoms with Gasteiger partial charge in [0.2, 0.25) is 5.82 Å². The molecule has 1 fully saturated rings. The van der Waals surface area contributed by atoms with Gasteiger partial charge in [0.15, 0.2) is 17.1 Å². The third-order valence-electron chi connectivity index (χ3n) is 3.37.